The van der Waals surface area contributed by atoms with Gasteiger partial charge in [-0.05, 0) is 56.3 Å². The lowest BCUT2D eigenvalue weighted by Gasteiger charge is -2.32. The van der Waals surface area contributed by atoms with Gasteiger partial charge in [0, 0.05) is 17.6 Å². The van der Waals surface area contributed by atoms with Crippen molar-refractivity contribution in [1.82, 2.24) is 10.6 Å². The zero-order valence-electron chi connectivity index (χ0n) is 13.0. The van der Waals surface area contributed by atoms with E-state index in [4.69, 9.17) is 11.6 Å². The number of carbonyl (C=O) groups excluding carboxylic acids is 1. The molecule has 120 valence electrons. The number of amides is 1. The molecule has 1 aliphatic heterocycles. The molecule has 0 bridgehead atoms. The van der Waals surface area contributed by atoms with Crippen LogP contribution in [0.25, 0.3) is 0 Å². The molecule has 1 saturated carbocycles. The van der Waals surface area contributed by atoms with E-state index in [9.17, 15) is 4.79 Å². The maximum atomic E-state index is 13.0. The molecule has 1 aliphatic carbocycles. The number of nitrogens with one attached hydrogen (secondary N) is 2. The smallest absolute Gasteiger partial charge is 0.226 e. The van der Waals surface area contributed by atoms with Gasteiger partial charge in [-0.2, -0.15) is 0 Å². The quantitative estimate of drug-likeness (QED) is 0.893. The van der Waals surface area contributed by atoms with Gasteiger partial charge in [0.2, 0.25) is 5.91 Å². The first-order valence-corrected chi connectivity index (χ1v) is 8.82. The van der Waals surface area contributed by atoms with Crippen molar-refractivity contribution in [3.05, 3.63) is 34.9 Å². The third kappa shape index (κ3) is 3.64. The largest absolute Gasteiger partial charge is 0.352 e. The summed E-state index contributed by atoms with van der Waals surface area (Å²) in [6.45, 7) is 1.97. The van der Waals surface area contributed by atoms with Crippen molar-refractivity contribution in [2.75, 3.05) is 13.1 Å². The van der Waals surface area contributed by atoms with Gasteiger partial charge in [-0.1, -0.05) is 36.6 Å². The highest BCUT2D eigenvalue weighted by Gasteiger charge is 2.41. The molecule has 0 spiro atoms. The van der Waals surface area contributed by atoms with Crippen LogP contribution in [-0.2, 0) is 11.2 Å². The topological polar surface area (TPSA) is 41.1 Å². The second-order valence-corrected chi connectivity index (χ2v) is 7.25. The molecular weight excluding hydrogens is 296 g/mol. The Bertz CT molecular complexity index is 520. The summed E-state index contributed by atoms with van der Waals surface area (Å²) in [4.78, 5) is 13.0. The molecule has 3 nitrogen and oxygen atoms in total. The summed E-state index contributed by atoms with van der Waals surface area (Å²) in [5, 5.41) is 7.42. The lowest BCUT2D eigenvalue weighted by atomic mass is 9.78. The monoisotopic (exact) mass is 320 g/mol. The maximum absolute atomic E-state index is 13.0. The summed E-state index contributed by atoms with van der Waals surface area (Å²) in [5.41, 5.74) is 0.939. The van der Waals surface area contributed by atoms with Gasteiger partial charge >= 0.3 is 0 Å². The number of halogens is 1. The molecule has 1 atom stereocenters. The van der Waals surface area contributed by atoms with E-state index in [1.54, 1.807) is 0 Å². The van der Waals surface area contributed by atoms with E-state index in [2.05, 4.69) is 16.7 Å². The van der Waals surface area contributed by atoms with Crippen LogP contribution in [0.4, 0.5) is 0 Å². The Morgan fingerprint density at radius 3 is 2.82 bits per heavy atom. The molecule has 3 rings (SSSR count). The van der Waals surface area contributed by atoms with Crippen LogP contribution in [0.1, 0.15) is 44.1 Å². The molecule has 0 aromatic heterocycles. The number of carbonyl (C=O) groups is 1. The molecule has 0 unspecified atom stereocenters. The van der Waals surface area contributed by atoms with Crippen LogP contribution >= 0.6 is 11.6 Å². The molecule has 2 N–H and O–H groups in total. The van der Waals surface area contributed by atoms with Crippen LogP contribution in [0.2, 0.25) is 5.02 Å². The van der Waals surface area contributed by atoms with Gasteiger partial charge in [0.25, 0.3) is 0 Å². The van der Waals surface area contributed by atoms with Gasteiger partial charge in [0.05, 0.1) is 5.41 Å². The van der Waals surface area contributed by atoms with Crippen molar-refractivity contribution in [2.45, 2.75) is 51.0 Å². The summed E-state index contributed by atoms with van der Waals surface area (Å²) in [5.74, 6) is 0.249. The van der Waals surface area contributed by atoms with Crippen molar-refractivity contribution in [3.63, 3.8) is 0 Å². The molecule has 4 heteroatoms. The summed E-state index contributed by atoms with van der Waals surface area (Å²) in [6.07, 6.45) is 7.32. The van der Waals surface area contributed by atoms with Gasteiger partial charge < -0.3 is 10.6 Å². The molecule has 0 radical (unpaired) electrons. The van der Waals surface area contributed by atoms with E-state index in [1.165, 1.54) is 5.56 Å². The zero-order chi connectivity index (χ0) is 15.4. The maximum Gasteiger partial charge on any atom is 0.226 e. The van der Waals surface area contributed by atoms with Gasteiger partial charge in [-0.15, -0.1) is 0 Å². The van der Waals surface area contributed by atoms with Gasteiger partial charge in [0.1, 0.15) is 0 Å². The molecule has 1 amide bonds. The standard InChI is InChI=1S/C18H25ClN2O/c19-15-6-3-5-14(11-15)12-18(8-1-2-9-18)17(22)21-16-7-4-10-20-13-16/h3,5-6,11,16,20H,1-2,4,7-10,12-13H2,(H,21,22)/t16-/m0/s1. The zero-order valence-corrected chi connectivity index (χ0v) is 13.8. The van der Waals surface area contributed by atoms with E-state index in [0.717, 1.165) is 63.1 Å². The first-order valence-electron chi connectivity index (χ1n) is 8.44. The minimum absolute atomic E-state index is 0.234. The van der Waals surface area contributed by atoms with Crippen molar-refractivity contribution >= 4 is 17.5 Å². The number of rotatable bonds is 4. The minimum atomic E-state index is -0.234. The first-order chi connectivity index (χ1) is 10.7. The van der Waals surface area contributed by atoms with E-state index in [-0.39, 0.29) is 17.4 Å². The summed E-state index contributed by atoms with van der Waals surface area (Å²) in [7, 11) is 0. The van der Waals surface area contributed by atoms with Crippen LogP contribution < -0.4 is 10.6 Å². The van der Waals surface area contributed by atoms with Crippen molar-refractivity contribution < 1.29 is 4.79 Å². The molecule has 2 aliphatic rings. The number of hydrogen-bond acceptors (Lipinski definition) is 2. The third-order valence-electron chi connectivity index (χ3n) is 5.11. The summed E-state index contributed by atoms with van der Waals surface area (Å²) >= 11 is 6.10. The highest BCUT2D eigenvalue weighted by Crippen LogP contribution is 2.41. The number of hydrogen-bond donors (Lipinski definition) is 2. The summed E-state index contributed by atoms with van der Waals surface area (Å²) in [6, 6.07) is 8.24. The van der Waals surface area contributed by atoms with Crippen LogP contribution in [0.5, 0.6) is 0 Å². The third-order valence-corrected chi connectivity index (χ3v) is 5.34. The molecule has 1 aromatic carbocycles. The van der Waals surface area contributed by atoms with Crippen LogP contribution in [0, 0.1) is 5.41 Å². The fourth-order valence-corrected chi connectivity index (χ4v) is 4.10. The van der Waals surface area contributed by atoms with Crippen molar-refractivity contribution in [1.29, 1.82) is 0 Å². The highest BCUT2D eigenvalue weighted by molar-refractivity contribution is 6.30. The van der Waals surface area contributed by atoms with Crippen molar-refractivity contribution in [2.24, 2.45) is 5.41 Å². The SMILES string of the molecule is O=C(N[C@H]1CCCNC1)C1(Cc2cccc(Cl)c2)CCCC1. The Balaban J connectivity index is 1.71. The number of piperidine rings is 1. The van der Waals surface area contributed by atoms with Crippen LogP contribution in [-0.4, -0.2) is 25.0 Å². The Hall–Kier alpha value is -1.06. The predicted octanol–water partition coefficient (Wildman–Crippen LogP) is 3.31. The average molecular weight is 321 g/mol. The predicted molar refractivity (Wildman–Crippen MR) is 90.1 cm³/mol. The lowest BCUT2D eigenvalue weighted by molar-refractivity contribution is -0.131. The highest BCUT2D eigenvalue weighted by atomic mass is 35.5. The molecule has 1 heterocycles. The van der Waals surface area contributed by atoms with Crippen LogP contribution in [0.15, 0.2) is 24.3 Å². The fraction of sp³-hybridized carbons (Fsp3) is 0.611. The second kappa shape index (κ2) is 7.01. The van der Waals surface area contributed by atoms with E-state index in [1.807, 2.05) is 18.2 Å². The minimum Gasteiger partial charge on any atom is -0.352 e. The molecule has 1 saturated heterocycles. The van der Waals surface area contributed by atoms with Crippen LogP contribution in [0.3, 0.4) is 0 Å². The molecule has 22 heavy (non-hydrogen) atoms. The fourth-order valence-electron chi connectivity index (χ4n) is 3.89. The normalized spacial score (nSPS) is 24.1. The second-order valence-electron chi connectivity index (χ2n) is 6.81. The number of benzene rings is 1. The van der Waals surface area contributed by atoms with E-state index < -0.39 is 0 Å². The van der Waals surface area contributed by atoms with Crippen molar-refractivity contribution in [3.8, 4) is 0 Å². The van der Waals surface area contributed by atoms with E-state index >= 15 is 0 Å². The molecule has 1 aromatic rings. The Morgan fingerprint density at radius 1 is 1.32 bits per heavy atom. The summed E-state index contributed by atoms with van der Waals surface area (Å²) < 4.78 is 0. The van der Waals surface area contributed by atoms with Gasteiger partial charge in [0.15, 0.2) is 0 Å². The van der Waals surface area contributed by atoms with E-state index in [0.29, 0.717) is 0 Å². The molecule has 2 fully saturated rings. The average Bonchev–Trinajstić information content (AvgIpc) is 2.98. The van der Waals surface area contributed by atoms with Gasteiger partial charge in [-0.3, -0.25) is 4.79 Å². The Labute approximate surface area is 137 Å². The Morgan fingerprint density at radius 2 is 2.14 bits per heavy atom. The Kier molecular flexibility index (Phi) is 5.04. The lowest BCUT2D eigenvalue weighted by Crippen LogP contribution is -2.50. The first kappa shape index (κ1) is 15.8. The van der Waals surface area contributed by atoms with Gasteiger partial charge in [-0.25, -0.2) is 0 Å². The molecular formula is C18H25ClN2O.